The fraction of sp³-hybridized carbons (Fsp3) is 0.467. The van der Waals surface area contributed by atoms with Crippen LogP contribution >= 0.6 is 0 Å². The van der Waals surface area contributed by atoms with Crippen LogP contribution in [0.4, 0.5) is 5.69 Å². The van der Waals surface area contributed by atoms with Crippen molar-refractivity contribution >= 4 is 17.6 Å². The Bertz CT molecular complexity index is 556. The molecule has 1 fully saturated rings. The first-order valence-electron chi connectivity index (χ1n) is 6.68. The maximum Gasteiger partial charge on any atom is 0.337 e. The van der Waals surface area contributed by atoms with Gasteiger partial charge in [-0.15, -0.1) is 0 Å². The molecule has 0 spiro atoms. The Balaban J connectivity index is 2.33. The molecule has 1 saturated heterocycles. The van der Waals surface area contributed by atoms with Crippen LogP contribution in [0.15, 0.2) is 18.2 Å². The molecule has 5 heteroatoms. The summed E-state index contributed by atoms with van der Waals surface area (Å²) in [6.07, 6.45) is 0.722. The van der Waals surface area contributed by atoms with Gasteiger partial charge in [0.15, 0.2) is 0 Å². The summed E-state index contributed by atoms with van der Waals surface area (Å²) < 4.78 is 0. The molecule has 0 bridgehead atoms. The fourth-order valence-corrected chi connectivity index (χ4v) is 2.74. The molecule has 2 N–H and O–H groups in total. The largest absolute Gasteiger partial charge is 0.478 e. The van der Waals surface area contributed by atoms with Gasteiger partial charge in [-0.2, -0.15) is 0 Å². The van der Waals surface area contributed by atoms with Gasteiger partial charge in [0.25, 0.3) is 0 Å². The summed E-state index contributed by atoms with van der Waals surface area (Å²) in [6.45, 7) is 5.08. The zero-order chi connectivity index (χ0) is 14.9. The molecule has 1 aromatic carbocycles. The van der Waals surface area contributed by atoms with Gasteiger partial charge < -0.3 is 15.3 Å². The minimum Gasteiger partial charge on any atom is -0.478 e. The second kappa shape index (κ2) is 5.15. The Morgan fingerprint density at radius 3 is 2.70 bits per heavy atom. The smallest absolute Gasteiger partial charge is 0.337 e. The molecule has 0 aromatic heterocycles. The normalized spacial score (nSPS) is 21.9. The van der Waals surface area contributed by atoms with E-state index in [-0.39, 0.29) is 11.5 Å². The molecule has 1 aliphatic rings. The third-order valence-corrected chi connectivity index (χ3v) is 3.97. The lowest BCUT2D eigenvalue weighted by Gasteiger charge is -2.25. The fourth-order valence-electron chi connectivity index (χ4n) is 2.74. The Hall–Kier alpha value is -2.04. The predicted octanol–water partition coefficient (Wildman–Crippen LogP) is 1.66. The highest BCUT2D eigenvalue weighted by molar-refractivity contribution is 5.95. The number of hydrogen-bond acceptors (Lipinski definition) is 3. The number of hydrogen-bond donors (Lipinski definition) is 2. The van der Waals surface area contributed by atoms with Gasteiger partial charge in [0.05, 0.1) is 16.7 Å². The summed E-state index contributed by atoms with van der Waals surface area (Å²) in [4.78, 5) is 25.3. The lowest BCUT2D eigenvalue weighted by molar-refractivity contribution is -0.128. The Kier molecular flexibility index (Phi) is 3.70. The number of benzene rings is 1. The van der Waals surface area contributed by atoms with Gasteiger partial charge in [0.2, 0.25) is 5.91 Å². The maximum atomic E-state index is 11.9. The van der Waals surface area contributed by atoms with Gasteiger partial charge in [-0.25, -0.2) is 4.79 Å². The van der Waals surface area contributed by atoms with Gasteiger partial charge in [0.1, 0.15) is 0 Å². The highest BCUT2D eigenvalue weighted by Gasteiger charge is 2.40. The molecule has 1 aromatic rings. The molecule has 2 rings (SSSR count). The summed E-state index contributed by atoms with van der Waals surface area (Å²) in [6, 6.07) is 5.29. The molecule has 1 heterocycles. The van der Waals surface area contributed by atoms with Gasteiger partial charge >= 0.3 is 5.97 Å². The van der Waals surface area contributed by atoms with Crippen molar-refractivity contribution in [3.63, 3.8) is 0 Å². The number of nitrogens with one attached hydrogen (secondary N) is 1. The van der Waals surface area contributed by atoms with E-state index in [1.54, 1.807) is 19.2 Å². The van der Waals surface area contributed by atoms with E-state index in [9.17, 15) is 14.7 Å². The molecule has 1 aliphatic heterocycles. The van der Waals surface area contributed by atoms with Gasteiger partial charge in [-0.3, -0.25) is 4.79 Å². The van der Waals surface area contributed by atoms with E-state index in [0.717, 1.165) is 12.0 Å². The van der Waals surface area contributed by atoms with Crippen molar-refractivity contribution in [1.82, 2.24) is 5.32 Å². The molecule has 1 amide bonds. The molecular formula is C15H20N2O3. The number of rotatable bonds is 3. The van der Waals surface area contributed by atoms with Crippen molar-refractivity contribution in [2.75, 3.05) is 25.0 Å². The van der Waals surface area contributed by atoms with Crippen LogP contribution < -0.4 is 10.2 Å². The molecular weight excluding hydrogens is 256 g/mol. The van der Waals surface area contributed by atoms with Crippen LogP contribution in [0.3, 0.4) is 0 Å². The molecule has 0 aliphatic carbocycles. The third-order valence-electron chi connectivity index (χ3n) is 3.97. The van der Waals surface area contributed by atoms with Crippen molar-refractivity contribution < 1.29 is 14.7 Å². The van der Waals surface area contributed by atoms with E-state index in [0.29, 0.717) is 18.8 Å². The van der Waals surface area contributed by atoms with Gasteiger partial charge in [0, 0.05) is 20.1 Å². The number of amides is 1. The summed E-state index contributed by atoms with van der Waals surface area (Å²) in [5.41, 5.74) is 1.54. The lowest BCUT2D eigenvalue weighted by atomic mass is 9.89. The van der Waals surface area contributed by atoms with Gasteiger partial charge in [-0.1, -0.05) is 6.07 Å². The molecule has 0 radical (unpaired) electrons. The van der Waals surface area contributed by atoms with E-state index in [1.165, 1.54) is 0 Å². The quantitative estimate of drug-likeness (QED) is 0.881. The van der Waals surface area contributed by atoms with Crippen molar-refractivity contribution in [3.8, 4) is 0 Å². The molecule has 1 atom stereocenters. The Labute approximate surface area is 118 Å². The molecule has 20 heavy (non-hydrogen) atoms. The highest BCUT2D eigenvalue weighted by Crippen LogP contribution is 2.35. The molecule has 5 nitrogen and oxygen atoms in total. The van der Waals surface area contributed by atoms with Crippen molar-refractivity contribution in [2.24, 2.45) is 5.41 Å². The number of nitrogens with zero attached hydrogens (tertiary/aromatic N) is 1. The van der Waals surface area contributed by atoms with Crippen LogP contribution in [0.2, 0.25) is 0 Å². The van der Waals surface area contributed by atoms with E-state index in [4.69, 9.17) is 0 Å². The van der Waals surface area contributed by atoms with Crippen LogP contribution in [0.1, 0.15) is 29.3 Å². The number of carboxylic acids is 1. The first-order chi connectivity index (χ1) is 9.37. The monoisotopic (exact) mass is 276 g/mol. The minimum absolute atomic E-state index is 0.00419. The predicted molar refractivity (Wildman–Crippen MR) is 77.1 cm³/mol. The summed E-state index contributed by atoms with van der Waals surface area (Å²) in [5.74, 6) is -0.932. The van der Waals surface area contributed by atoms with Crippen LogP contribution in [-0.2, 0) is 4.79 Å². The number of carbonyl (C=O) groups is 2. The average Bonchev–Trinajstić information content (AvgIpc) is 2.81. The van der Waals surface area contributed by atoms with E-state index in [1.807, 2.05) is 24.8 Å². The summed E-state index contributed by atoms with van der Waals surface area (Å²) >= 11 is 0. The molecule has 1 unspecified atom stereocenters. The van der Waals surface area contributed by atoms with Gasteiger partial charge in [-0.05, 0) is 38.0 Å². The first-order valence-corrected chi connectivity index (χ1v) is 6.68. The van der Waals surface area contributed by atoms with Crippen LogP contribution in [-0.4, -0.2) is 37.1 Å². The zero-order valence-corrected chi connectivity index (χ0v) is 12.1. The summed E-state index contributed by atoms with van der Waals surface area (Å²) in [7, 11) is 1.63. The number of aromatic carboxylic acids is 1. The standard InChI is InChI=1S/C15H20N2O3/c1-10-4-5-11(13(18)19)12(8-10)17-7-6-15(2,9-17)14(20)16-3/h4-5,8H,6-7,9H2,1-3H3,(H,16,20)(H,18,19). The van der Waals surface area contributed by atoms with Crippen LogP contribution in [0, 0.1) is 12.3 Å². The van der Waals surface area contributed by atoms with E-state index >= 15 is 0 Å². The summed E-state index contributed by atoms with van der Waals surface area (Å²) in [5, 5.41) is 12.0. The number of carbonyl (C=O) groups excluding carboxylic acids is 1. The average molecular weight is 276 g/mol. The first kappa shape index (κ1) is 14.4. The van der Waals surface area contributed by atoms with Crippen LogP contribution in [0.5, 0.6) is 0 Å². The lowest BCUT2D eigenvalue weighted by Crippen LogP contribution is -2.39. The second-order valence-corrected chi connectivity index (χ2v) is 5.64. The minimum atomic E-state index is -0.937. The molecule has 108 valence electrons. The number of carboxylic acid groups (broad SMARTS) is 1. The Morgan fingerprint density at radius 2 is 2.10 bits per heavy atom. The van der Waals surface area contributed by atoms with E-state index in [2.05, 4.69) is 5.32 Å². The zero-order valence-electron chi connectivity index (χ0n) is 12.1. The van der Waals surface area contributed by atoms with Crippen molar-refractivity contribution in [1.29, 1.82) is 0 Å². The topological polar surface area (TPSA) is 69.6 Å². The van der Waals surface area contributed by atoms with Crippen LogP contribution in [0.25, 0.3) is 0 Å². The van der Waals surface area contributed by atoms with Crippen molar-refractivity contribution in [2.45, 2.75) is 20.3 Å². The Morgan fingerprint density at radius 1 is 1.40 bits per heavy atom. The number of anilines is 1. The third kappa shape index (κ3) is 2.48. The maximum absolute atomic E-state index is 11.9. The SMILES string of the molecule is CNC(=O)C1(C)CCN(c2cc(C)ccc2C(=O)O)C1. The highest BCUT2D eigenvalue weighted by atomic mass is 16.4. The van der Waals surface area contributed by atoms with Crippen molar-refractivity contribution in [3.05, 3.63) is 29.3 Å². The van der Waals surface area contributed by atoms with E-state index < -0.39 is 11.4 Å². The number of aryl methyl sites for hydroxylation is 1. The molecule has 0 saturated carbocycles. The second-order valence-electron chi connectivity index (χ2n) is 5.64.